The Morgan fingerprint density at radius 1 is 1.00 bits per heavy atom. The molecule has 0 saturated carbocycles. The number of anilines is 2. The van der Waals surface area contributed by atoms with Crippen LogP contribution in [0.4, 0.5) is 11.8 Å². The molecule has 1 heterocycles. The summed E-state index contributed by atoms with van der Waals surface area (Å²) < 4.78 is 17.0. The number of hydrogen-bond donors (Lipinski definition) is 2. The van der Waals surface area contributed by atoms with Crippen LogP contribution in [0.2, 0.25) is 0 Å². The van der Waals surface area contributed by atoms with Gasteiger partial charge in [-0.05, 0) is 29.8 Å². The van der Waals surface area contributed by atoms with Crippen LogP contribution in [0.3, 0.4) is 0 Å². The lowest BCUT2D eigenvalue weighted by molar-refractivity contribution is 0.298. The van der Waals surface area contributed by atoms with E-state index in [2.05, 4.69) is 22.1 Å². The SMILES string of the molecule is COc1cc(Cc2cnc(N)nc2N)cc(OCCSc2ccccc2)c1OC. The molecule has 0 aliphatic carbocycles. The standard InChI is InChI=1S/C21H24N4O3S/c1-26-17-11-14(10-15-13-24-21(23)25-20(15)22)12-18(19(17)27-2)28-8-9-29-16-6-4-3-5-7-16/h3-7,11-13H,8-10H2,1-2H3,(H4,22,23,24,25). The molecule has 1 aromatic heterocycles. The predicted molar refractivity (Wildman–Crippen MR) is 116 cm³/mol. The minimum atomic E-state index is 0.151. The van der Waals surface area contributed by atoms with Gasteiger partial charge in [-0.2, -0.15) is 4.98 Å². The summed E-state index contributed by atoms with van der Waals surface area (Å²) in [7, 11) is 3.19. The summed E-state index contributed by atoms with van der Waals surface area (Å²) >= 11 is 1.73. The molecule has 3 aromatic rings. The maximum atomic E-state index is 6.01. The molecule has 0 bridgehead atoms. The van der Waals surface area contributed by atoms with Crippen LogP contribution >= 0.6 is 11.8 Å². The van der Waals surface area contributed by atoms with E-state index in [1.807, 2.05) is 30.3 Å². The molecule has 2 aromatic carbocycles. The maximum absolute atomic E-state index is 6.01. The van der Waals surface area contributed by atoms with Crippen molar-refractivity contribution in [3.05, 3.63) is 59.8 Å². The largest absolute Gasteiger partial charge is 0.493 e. The maximum Gasteiger partial charge on any atom is 0.221 e. The van der Waals surface area contributed by atoms with Gasteiger partial charge < -0.3 is 25.7 Å². The topological polar surface area (TPSA) is 106 Å². The summed E-state index contributed by atoms with van der Waals surface area (Å²) in [6.45, 7) is 0.523. The van der Waals surface area contributed by atoms with E-state index in [-0.39, 0.29) is 5.95 Å². The molecule has 0 radical (unpaired) electrons. The lowest BCUT2D eigenvalue weighted by Crippen LogP contribution is -2.06. The molecule has 0 aliphatic heterocycles. The van der Waals surface area contributed by atoms with E-state index in [0.717, 1.165) is 16.9 Å². The van der Waals surface area contributed by atoms with E-state index in [1.54, 1.807) is 32.2 Å². The lowest BCUT2D eigenvalue weighted by atomic mass is 10.1. The van der Waals surface area contributed by atoms with Crippen molar-refractivity contribution in [2.24, 2.45) is 0 Å². The Morgan fingerprint density at radius 2 is 1.76 bits per heavy atom. The van der Waals surface area contributed by atoms with Crippen molar-refractivity contribution in [1.29, 1.82) is 0 Å². The number of nitrogens with zero attached hydrogens (tertiary/aromatic N) is 2. The van der Waals surface area contributed by atoms with Crippen molar-refractivity contribution >= 4 is 23.5 Å². The summed E-state index contributed by atoms with van der Waals surface area (Å²) in [6.07, 6.45) is 2.15. The minimum absolute atomic E-state index is 0.151. The van der Waals surface area contributed by atoms with Gasteiger partial charge >= 0.3 is 0 Å². The van der Waals surface area contributed by atoms with Crippen molar-refractivity contribution in [3.63, 3.8) is 0 Å². The first-order valence-electron chi connectivity index (χ1n) is 9.03. The molecule has 8 heteroatoms. The third-order valence-corrected chi connectivity index (χ3v) is 5.14. The first-order chi connectivity index (χ1) is 14.1. The second kappa shape index (κ2) is 9.88. The van der Waals surface area contributed by atoms with Gasteiger partial charge in [-0.3, -0.25) is 0 Å². The molecule has 29 heavy (non-hydrogen) atoms. The summed E-state index contributed by atoms with van der Waals surface area (Å²) in [4.78, 5) is 9.24. The molecule has 152 valence electrons. The number of ether oxygens (including phenoxy) is 3. The number of nitrogens with two attached hydrogens (primary N) is 2. The van der Waals surface area contributed by atoms with Crippen molar-refractivity contribution in [3.8, 4) is 17.2 Å². The van der Waals surface area contributed by atoms with Crippen LogP contribution in [-0.2, 0) is 6.42 Å². The van der Waals surface area contributed by atoms with Crippen molar-refractivity contribution in [2.45, 2.75) is 11.3 Å². The second-order valence-electron chi connectivity index (χ2n) is 6.15. The average Bonchev–Trinajstić information content (AvgIpc) is 2.73. The van der Waals surface area contributed by atoms with Crippen LogP contribution in [0.15, 0.2) is 53.6 Å². The van der Waals surface area contributed by atoms with Gasteiger partial charge in [0.05, 0.1) is 20.8 Å². The van der Waals surface area contributed by atoms with E-state index < -0.39 is 0 Å². The molecule has 0 saturated heterocycles. The van der Waals surface area contributed by atoms with E-state index in [4.69, 9.17) is 25.7 Å². The molecule has 4 N–H and O–H groups in total. The molecule has 0 atom stereocenters. The Balaban J connectivity index is 1.74. The molecule has 0 amide bonds. The van der Waals surface area contributed by atoms with Crippen molar-refractivity contribution < 1.29 is 14.2 Å². The van der Waals surface area contributed by atoms with E-state index in [0.29, 0.717) is 36.1 Å². The van der Waals surface area contributed by atoms with Gasteiger partial charge in [-0.15, -0.1) is 11.8 Å². The number of benzene rings is 2. The summed E-state index contributed by atoms with van der Waals surface area (Å²) in [6, 6.07) is 14.0. The van der Waals surface area contributed by atoms with Crippen LogP contribution in [-0.4, -0.2) is 36.5 Å². The van der Waals surface area contributed by atoms with Crippen LogP contribution < -0.4 is 25.7 Å². The van der Waals surface area contributed by atoms with Gasteiger partial charge in [0.25, 0.3) is 0 Å². The number of aromatic nitrogens is 2. The highest BCUT2D eigenvalue weighted by molar-refractivity contribution is 7.99. The Morgan fingerprint density at radius 3 is 2.45 bits per heavy atom. The Labute approximate surface area is 174 Å². The molecular formula is C21H24N4O3S. The third-order valence-electron chi connectivity index (χ3n) is 4.17. The molecule has 0 aliphatic rings. The lowest BCUT2D eigenvalue weighted by Gasteiger charge is -2.16. The smallest absolute Gasteiger partial charge is 0.221 e. The van der Waals surface area contributed by atoms with Gasteiger partial charge in [-0.25, -0.2) is 4.98 Å². The van der Waals surface area contributed by atoms with Gasteiger partial charge in [0.15, 0.2) is 11.5 Å². The first-order valence-corrected chi connectivity index (χ1v) is 10.0. The van der Waals surface area contributed by atoms with Crippen LogP contribution in [0.25, 0.3) is 0 Å². The quantitative estimate of drug-likeness (QED) is 0.407. The zero-order chi connectivity index (χ0) is 20.6. The Bertz CT molecular complexity index is 954. The summed E-state index contributed by atoms with van der Waals surface area (Å²) in [5.41, 5.74) is 13.3. The van der Waals surface area contributed by atoms with E-state index in [9.17, 15) is 0 Å². The molecule has 0 fully saturated rings. The fraction of sp³-hybridized carbons (Fsp3) is 0.238. The number of methoxy groups -OCH3 is 2. The van der Waals surface area contributed by atoms with Crippen molar-refractivity contribution in [1.82, 2.24) is 9.97 Å². The number of hydrogen-bond acceptors (Lipinski definition) is 8. The molecule has 7 nitrogen and oxygen atoms in total. The normalized spacial score (nSPS) is 10.6. The molecule has 0 unspecified atom stereocenters. The minimum Gasteiger partial charge on any atom is -0.493 e. The van der Waals surface area contributed by atoms with E-state index >= 15 is 0 Å². The van der Waals surface area contributed by atoms with Crippen molar-refractivity contribution in [2.75, 3.05) is 38.0 Å². The van der Waals surface area contributed by atoms with Gasteiger partial charge in [-0.1, -0.05) is 18.2 Å². The highest BCUT2D eigenvalue weighted by atomic mass is 32.2. The fourth-order valence-electron chi connectivity index (χ4n) is 2.81. The van der Waals surface area contributed by atoms with Crippen LogP contribution in [0.5, 0.6) is 17.2 Å². The highest BCUT2D eigenvalue weighted by Gasteiger charge is 2.15. The Kier molecular flexibility index (Phi) is 7.02. The predicted octanol–water partition coefficient (Wildman–Crippen LogP) is 3.42. The average molecular weight is 413 g/mol. The van der Waals surface area contributed by atoms with Crippen LogP contribution in [0.1, 0.15) is 11.1 Å². The number of rotatable bonds is 9. The summed E-state index contributed by atoms with van der Waals surface area (Å²) in [5.74, 6) is 3.07. The fourth-order valence-corrected chi connectivity index (χ4v) is 3.56. The number of thioether (sulfide) groups is 1. The van der Waals surface area contributed by atoms with Gasteiger partial charge in [0.2, 0.25) is 11.7 Å². The zero-order valence-electron chi connectivity index (χ0n) is 16.4. The molecule has 0 spiro atoms. The third kappa shape index (κ3) is 5.45. The second-order valence-corrected chi connectivity index (χ2v) is 7.32. The molecule has 3 rings (SSSR count). The monoisotopic (exact) mass is 412 g/mol. The van der Waals surface area contributed by atoms with Gasteiger partial charge in [0.1, 0.15) is 5.82 Å². The highest BCUT2D eigenvalue weighted by Crippen LogP contribution is 2.39. The number of nitrogen functional groups attached to an aromatic ring is 2. The zero-order valence-corrected chi connectivity index (χ0v) is 17.2. The summed E-state index contributed by atoms with van der Waals surface area (Å²) in [5, 5.41) is 0. The van der Waals surface area contributed by atoms with E-state index in [1.165, 1.54) is 4.90 Å². The Hall–Kier alpha value is -3.13. The first kappa shape index (κ1) is 20.6. The van der Waals surface area contributed by atoms with Crippen LogP contribution in [0, 0.1) is 0 Å². The van der Waals surface area contributed by atoms with Gasteiger partial charge in [0, 0.05) is 28.8 Å². The molecular weight excluding hydrogens is 388 g/mol.